The minimum absolute atomic E-state index is 0.116. The summed E-state index contributed by atoms with van der Waals surface area (Å²) in [5.41, 5.74) is 4.37. The second kappa shape index (κ2) is 9.67. The number of amides is 1. The number of aryl methyl sites for hydroxylation is 1. The summed E-state index contributed by atoms with van der Waals surface area (Å²) in [6.07, 6.45) is 2.85. The summed E-state index contributed by atoms with van der Waals surface area (Å²) >= 11 is 1.49. The highest BCUT2D eigenvalue weighted by Gasteiger charge is 2.19. The third-order valence-corrected chi connectivity index (χ3v) is 6.08. The molecule has 0 saturated carbocycles. The van der Waals surface area contributed by atoms with Crippen LogP contribution < -0.4 is 5.32 Å². The molecule has 0 bridgehead atoms. The van der Waals surface area contributed by atoms with Gasteiger partial charge < -0.3 is 5.32 Å². The van der Waals surface area contributed by atoms with Crippen LogP contribution in [0.3, 0.4) is 0 Å². The summed E-state index contributed by atoms with van der Waals surface area (Å²) in [7, 11) is 0. The minimum Gasteiger partial charge on any atom is -0.302 e. The average molecular weight is 431 g/mol. The van der Waals surface area contributed by atoms with Gasteiger partial charge in [-0.25, -0.2) is 9.37 Å². The topological polar surface area (TPSA) is 42.0 Å². The van der Waals surface area contributed by atoms with E-state index < -0.39 is 0 Å². The summed E-state index contributed by atoms with van der Waals surface area (Å²) in [6.45, 7) is 2.07. The molecule has 3 aromatic carbocycles. The van der Waals surface area contributed by atoms with Gasteiger partial charge in [0.1, 0.15) is 5.82 Å². The Morgan fingerprint density at radius 1 is 0.968 bits per heavy atom. The number of hydrogen-bond donors (Lipinski definition) is 1. The molecule has 4 aromatic rings. The second-order valence-corrected chi connectivity index (χ2v) is 8.68. The van der Waals surface area contributed by atoms with Gasteiger partial charge in [0, 0.05) is 29.8 Å². The van der Waals surface area contributed by atoms with Crippen molar-refractivity contribution in [1.82, 2.24) is 4.98 Å². The average Bonchev–Trinajstić information content (AvgIpc) is 3.21. The van der Waals surface area contributed by atoms with Gasteiger partial charge in [0.15, 0.2) is 5.13 Å². The Balaban J connectivity index is 1.45. The largest absolute Gasteiger partial charge is 0.302 e. The zero-order chi connectivity index (χ0) is 21.6. The monoisotopic (exact) mass is 430 g/mol. The Labute approximate surface area is 185 Å². The Morgan fingerprint density at radius 3 is 2.35 bits per heavy atom. The van der Waals surface area contributed by atoms with Gasteiger partial charge in [0.25, 0.3) is 0 Å². The number of halogens is 1. The molecule has 1 N–H and O–H groups in total. The molecule has 0 aliphatic carbocycles. The van der Waals surface area contributed by atoms with Crippen molar-refractivity contribution in [2.45, 2.75) is 25.7 Å². The number of hydrogen-bond acceptors (Lipinski definition) is 3. The van der Waals surface area contributed by atoms with Crippen molar-refractivity contribution in [2.24, 2.45) is 0 Å². The van der Waals surface area contributed by atoms with E-state index in [-0.39, 0.29) is 24.1 Å². The zero-order valence-corrected chi connectivity index (χ0v) is 18.0. The normalized spacial score (nSPS) is 11.8. The highest BCUT2D eigenvalue weighted by atomic mass is 32.1. The lowest BCUT2D eigenvalue weighted by Crippen LogP contribution is -2.16. The summed E-state index contributed by atoms with van der Waals surface area (Å²) in [6, 6.07) is 24.6. The zero-order valence-electron chi connectivity index (χ0n) is 17.2. The number of thiazole rings is 1. The molecule has 4 rings (SSSR count). The van der Waals surface area contributed by atoms with E-state index in [4.69, 9.17) is 0 Å². The molecule has 1 atom stereocenters. The van der Waals surface area contributed by atoms with Crippen molar-refractivity contribution in [3.63, 3.8) is 0 Å². The molecule has 156 valence electrons. The van der Waals surface area contributed by atoms with Crippen LogP contribution in [0.2, 0.25) is 0 Å². The third kappa shape index (κ3) is 5.64. The predicted octanol–water partition coefficient (Wildman–Crippen LogP) is 6.34. The highest BCUT2D eigenvalue weighted by Crippen LogP contribution is 2.29. The first-order valence-corrected chi connectivity index (χ1v) is 11.0. The molecule has 31 heavy (non-hydrogen) atoms. The number of carbonyl (C=O) groups is 1. The first-order valence-electron chi connectivity index (χ1n) is 10.2. The van der Waals surface area contributed by atoms with Crippen molar-refractivity contribution < 1.29 is 9.18 Å². The fraction of sp³-hybridized carbons (Fsp3) is 0.154. The number of nitrogens with one attached hydrogen (secondary N) is 1. The molecule has 0 aliphatic heterocycles. The summed E-state index contributed by atoms with van der Waals surface area (Å²) in [5, 5.41) is 3.53. The fourth-order valence-electron chi connectivity index (χ4n) is 3.52. The molecule has 1 amide bonds. The summed E-state index contributed by atoms with van der Waals surface area (Å²) in [4.78, 5) is 18.3. The number of anilines is 1. The maximum absolute atomic E-state index is 13.4. The van der Waals surface area contributed by atoms with E-state index in [1.807, 2.05) is 36.5 Å². The van der Waals surface area contributed by atoms with Gasteiger partial charge >= 0.3 is 0 Å². The van der Waals surface area contributed by atoms with Crippen LogP contribution in [0.5, 0.6) is 0 Å². The highest BCUT2D eigenvalue weighted by molar-refractivity contribution is 7.15. The third-order valence-electron chi connectivity index (χ3n) is 5.16. The van der Waals surface area contributed by atoms with Crippen LogP contribution in [0.4, 0.5) is 9.52 Å². The van der Waals surface area contributed by atoms with Gasteiger partial charge in [-0.15, -0.1) is 11.3 Å². The number of carbonyl (C=O) groups excluding carboxylic acids is 1. The van der Waals surface area contributed by atoms with Crippen molar-refractivity contribution >= 4 is 22.4 Å². The Morgan fingerprint density at radius 2 is 1.65 bits per heavy atom. The van der Waals surface area contributed by atoms with Crippen LogP contribution >= 0.6 is 11.3 Å². The van der Waals surface area contributed by atoms with Crippen molar-refractivity contribution in [3.05, 3.63) is 118 Å². The molecule has 1 unspecified atom stereocenters. The summed E-state index contributed by atoms with van der Waals surface area (Å²) < 4.78 is 13.4. The molecule has 5 heteroatoms. The SMILES string of the molecule is Cc1ccc(Cc2cnc(NC(=O)CC(c3ccccc3)c3ccc(F)cc3)s2)cc1. The maximum Gasteiger partial charge on any atom is 0.227 e. The van der Waals surface area contributed by atoms with Crippen LogP contribution in [0.15, 0.2) is 85.1 Å². The Kier molecular flexibility index (Phi) is 6.53. The molecule has 1 aromatic heterocycles. The van der Waals surface area contributed by atoms with Gasteiger partial charge in [-0.2, -0.15) is 0 Å². The molecule has 0 spiro atoms. The van der Waals surface area contributed by atoms with E-state index in [1.165, 1.54) is 34.6 Å². The number of benzene rings is 3. The molecule has 0 aliphatic rings. The van der Waals surface area contributed by atoms with E-state index in [1.54, 1.807) is 12.1 Å². The number of nitrogens with zero attached hydrogens (tertiary/aromatic N) is 1. The number of rotatable bonds is 7. The van der Waals surface area contributed by atoms with Gasteiger partial charge in [0.2, 0.25) is 5.91 Å². The minimum atomic E-state index is -0.288. The number of aromatic nitrogens is 1. The fourth-order valence-corrected chi connectivity index (χ4v) is 4.38. The van der Waals surface area contributed by atoms with E-state index in [2.05, 4.69) is 41.5 Å². The molecular formula is C26H23FN2OS. The van der Waals surface area contributed by atoms with Crippen LogP contribution in [0.25, 0.3) is 0 Å². The van der Waals surface area contributed by atoms with Crippen LogP contribution in [0, 0.1) is 12.7 Å². The van der Waals surface area contributed by atoms with Gasteiger partial charge in [-0.3, -0.25) is 4.79 Å². The van der Waals surface area contributed by atoms with Gasteiger partial charge in [0.05, 0.1) is 0 Å². The van der Waals surface area contributed by atoms with Gasteiger partial charge in [-0.05, 0) is 35.7 Å². The molecule has 3 nitrogen and oxygen atoms in total. The van der Waals surface area contributed by atoms with Crippen molar-refractivity contribution in [2.75, 3.05) is 5.32 Å². The lowest BCUT2D eigenvalue weighted by molar-refractivity contribution is -0.116. The maximum atomic E-state index is 13.4. The lowest BCUT2D eigenvalue weighted by atomic mass is 9.88. The van der Waals surface area contributed by atoms with Crippen molar-refractivity contribution in [1.29, 1.82) is 0 Å². The second-order valence-electron chi connectivity index (χ2n) is 7.56. The first-order chi connectivity index (χ1) is 15.1. The van der Waals surface area contributed by atoms with E-state index in [0.717, 1.165) is 22.4 Å². The molecule has 1 heterocycles. The standard InChI is InChI=1S/C26H23FN2OS/c1-18-7-9-19(10-8-18)15-23-17-28-26(31-23)29-25(30)16-24(20-5-3-2-4-6-20)21-11-13-22(27)14-12-21/h2-14,17,24H,15-16H2,1H3,(H,28,29,30). The Bertz CT molecular complexity index is 1140. The molecule has 0 fully saturated rings. The van der Waals surface area contributed by atoms with Crippen molar-refractivity contribution in [3.8, 4) is 0 Å². The molecule has 0 saturated heterocycles. The first kappa shape index (κ1) is 20.9. The smallest absolute Gasteiger partial charge is 0.227 e. The quantitative estimate of drug-likeness (QED) is 0.372. The van der Waals surface area contributed by atoms with E-state index in [0.29, 0.717) is 5.13 Å². The van der Waals surface area contributed by atoms with Crippen LogP contribution in [0.1, 0.15) is 39.5 Å². The van der Waals surface area contributed by atoms with Crippen LogP contribution in [-0.2, 0) is 11.2 Å². The molecular weight excluding hydrogens is 407 g/mol. The predicted molar refractivity (Wildman–Crippen MR) is 124 cm³/mol. The Hall–Kier alpha value is -3.31. The lowest BCUT2D eigenvalue weighted by Gasteiger charge is -2.17. The van der Waals surface area contributed by atoms with Gasteiger partial charge in [-0.1, -0.05) is 72.3 Å². The summed E-state index contributed by atoms with van der Waals surface area (Å²) in [5.74, 6) is -0.563. The van der Waals surface area contributed by atoms with E-state index >= 15 is 0 Å². The molecule has 0 radical (unpaired) electrons. The van der Waals surface area contributed by atoms with E-state index in [9.17, 15) is 9.18 Å². The van der Waals surface area contributed by atoms with Crippen LogP contribution in [-0.4, -0.2) is 10.9 Å².